The van der Waals surface area contributed by atoms with Crippen molar-refractivity contribution in [3.63, 3.8) is 0 Å². The summed E-state index contributed by atoms with van der Waals surface area (Å²) in [5, 5.41) is 4.32. The Morgan fingerprint density at radius 2 is 1.87 bits per heavy atom. The van der Waals surface area contributed by atoms with E-state index in [0.29, 0.717) is 0 Å². The van der Waals surface area contributed by atoms with Gasteiger partial charge in [-0.05, 0) is 18.1 Å². The SMILES string of the molecule is Cn1cc([C@H](CCC(F)(F)F)N2CCNCC2)c2ccccc21. The second-order valence-electron chi connectivity index (χ2n) is 6.17. The Bertz CT molecular complexity index is 657. The zero-order valence-corrected chi connectivity index (χ0v) is 13.2. The Hall–Kier alpha value is -1.53. The van der Waals surface area contributed by atoms with Crippen molar-refractivity contribution in [2.24, 2.45) is 7.05 Å². The number of benzene rings is 1. The molecule has 1 atom stereocenters. The molecule has 6 heteroatoms. The Morgan fingerprint density at radius 1 is 1.17 bits per heavy atom. The Kier molecular flexibility index (Phi) is 4.64. The highest BCUT2D eigenvalue weighted by molar-refractivity contribution is 5.84. The third kappa shape index (κ3) is 3.70. The van der Waals surface area contributed by atoms with Crippen molar-refractivity contribution in [3.05, 3.63) is 36.0 Å². The summed E-state index contributed by atoms with van der Waals surface area (Å²) in [5.74, 6) is 0. The molecule has 0 radical (unpaired) electrons. The molecule has 126 valence electrons. The maximum atomic E-state index is 12.8. The van der Waals surface area contributed by atoms with Crippen LogP contribution in [0.3, 0.4) is 0 Å². The van der Waals surface area contributed by atoms with Gasteiger partial charge in [0, 0.05) is 62.8 Å². The molecule has 1 saturated heterocycles. The molecule has 2 aromatic rings. The van der Waals surface area contributed by atoms with Crippen LogP contribution in [-0.2, 0) is 7.05 Å². The van der Waals surface area contributed by atoms with Crippen LogP contribution in [0.15, 0.2) is 30.5 Å². The summed E-state index contributed by atoms with van der Waals surface area (Å²) in [5.41, 5.74) is 2.07. The van der Waals surface area contributed by atoms with Crippen molar-refractivity contribution in [2.75, 3.05) is 26.2 Å². The number of nitrogens with zero attached hydrogens (tertiary/aromatic N) is 2. The van der Waals surface area contributed by atoms with Crippen LogP contribution >= 0.6 is 0 Å². The molecule has 1 aromatic heterocycles. The quantitative estimate of drug-likeness (QED) is 0.929. The van der Waals surface area contributed by atoms with E-state index in [1.54, 1.807) is 0 Å². The largest absolute Gasteiger partial charge is 0.389 e. The lowest BCUT2D eigenvalue weighted by molar-refractivity contribution is -0.138. The fourth-order valence-electron chi connectivity index (χ4n) is 3.47. The van der Waals surface area contributed by atoms with Crippen LogP contribution < -0.4 is 5.32 Å². The van der Waals surface area contributed by atoms with Crippen LogP contribution in [-0.4, -0.2) is 41.8 Å². The molecular weight excluding hydrogens is 303 g/mol. The monoisotopic (exact) mass is 325 g/mol. The van der Waals surface area contributed by atoms with Crippen molar-refractivity contribution < 1.29 is 13.2 Å². The average molecular weight is 325 g/mol. The highest BCUT2D eigenvalue weighted by Crippen LogP contribution is 2.35. The minimum Gasteiger partial charge on any atom is -0.350 e. The van der Waals surface area contributed by atoms with Crippen LogP contribution in [0.4, 0.5) is 13.2 Å². The number of fused-ring (bicyclic) bond motifs is 1. The van der Waals surface area contributed by atoms with Gasteiger partial charge in [-0.25, -0.2) is 0 Å². The molecule has 3 nitrogen and oxygen atoms in total. The second kappa shape index (κ2) is 6.53. The zero-order valence-electron chi connectivity index (χ0n) is 13.2. The molecule has 1 N–H and O–H groups in total. The summed E-state index contributed by atoms with van der Waals surface area (Å²) < 4.78 is 40.4. The number of piperazine rings is 1. The van der Waals surface area contributed by atoms with Gasteiger partial charge in [-0.2, -0.15) is 13.2 Å². The first-order valence-electron chi connectivity index (χ1n) is 8.01. The third-order valence-corrected chi connectivity index (χ3v) is 4.58. The average Bonchev–Trinajstić information content (AvgIpc) is 2.85. The number of aromatic nitrogens is 1. The van der Waals surface area contributed by atoms with Crippen LogP contribution in [0.25, 0.3) is 10.9 Å². The number of hydrogen-bond donors (Lipinski definition) is 1. The van der Waals surface area contributed by atoms with Gasteiger partial charge in [-0.15, -0.1) is 0 Å². The molecule has 1 aliphatic heterocycles. The molecule has 1 fully saturated rings. The molecular formula is C17H22F3N3. The standard InChI is InChI=1S/C17H22F3N3/c1-22-12-14(13-4-2-3-5-15(13)22)16(6-7-17(18,19)20)23-10-8-21-9-11-23/h2-5,12,16,21H,6-11H2,1H3/t16-/m0/s1. The molecule has 1 aromatic carbocycles. The van der Waals surface area contributed by atoms with Gasteiger partial charge >= 0.3 is 6.18 Å². The first-order chi connectivity index (χ1) is 11.0. The van der Waals surface area contributed by atoms with Crippen LogP contribution in [0, 0.1) is 0 Å². The highest BCUT2D eigenvalue weighted by Gasteiger charge is 2.32. The van der Waals surface area contributed by atoms with Gasteiger partial charge in [0.05, 0.1) is 0 Å². The fraction of sp³-hybridized carbons (Fsp3) is 0.529. The predicted octanol–water partition coefficient (Wildman–Crippen LogP) is 3.47. The fourth-order valence-corrected chi connectivity index (χ4v) is 3.47. The predicted molar refractivity (Wildman–Crippen MR) is 85.4 cm³/mol. The first-order valence-corrected chi connectivity index (χ1v) is 8.01. The Balaban J connectivity index is 1.95. The topological polar surface area (TPSA) is 20.2 Å². The first kappa shape index (κ1) is 16.3. The molecule has 0 spiro atoms. The van der Waals surface area contributed by atoms with E-state index in [1.165, 1.54) is 0 Å². The van der Waals surface area contributed by atoms with E-state index in [9.17, 15) is 13.2 Å². The summed E-state index contributed by atoms with van der Waals surface area (Å²) in [6.07, 6.45) is -2.76. The maximum Gasteiger partial charge on any atom is 0.389 e. The minimum absolute atomic E-state index is 0.109. The second-order valence-corrected chi connectivity index (χ2v) is 6.17. The van der Waals surface area contributed by atoms with Gasteiger partial charge < -0.3 is 9.88 Å². The lowest BCUT2D eigenvalue weighted by Gasteiger charge is -2.35. The van der Waals surface area contributed by atoms with Gasteiger partial charge in [-0.3, -0.25) is 4.90 Å². The van der Waals surface area contributed by atoms with E-state index < -0.39 is 12.6 Å². The normalized spacial score (nSPS) is 18.4. The van der Waals surface area contributed by atoms with Gasteiger partial charge in [0.1, 0.15) is 0 Å². The number of aryl methyl sites for hydroxylation is 1. The van der Waals surface area contributed by atoms with Gasteiger partial charge in [0.25, 0.3) is 0 Å². The van der Waals surface area contributed by atoms with Crippen molar-refractivity contribution in [1.82, 2.24) is 14.8 Å². The number of hydrogen-bond acceptors (Lipinski definition) is 2. The van der Waals surface area contributed by atoms with E-state index in [-0.39, 0.29) is 12.5 Å². The number of para-hydroxylation sites is 1. The van der Waals surface area contributed by atoms with E-state index in [1.807, 2.05) is 42.1 Å². The molecule has 0 bridgehead atoms. The molecule has 0 aliphatic carbocycles. The molecule has 0 amide bonds. The molecule has 0 unspecified atom stereocenters. The van der Waals surface area contributed by atoms with Gasteiger partial charge in [-0.1, -0.05) is 18.2 Å². The number of alkyl halides is 3. The number of halogens is 3. The third-order valence-electron chi connectivity index (χ3n) is 4.58. The lowest BCUT2D eigenvalue weighted by atomic mass is 9.98. The van der Waals surface area contributed by atoms with E-state index in [2.05, 4.69) is 10.2 Å². The number of nitrogens with one attached hydrogen (secondary N) is 1. The van der Waals surface area contributed by atoms with Crippen molar-refractivity contribution in [1.29, 1.82) is 0 Å². The van der Waals surface area contributed by atoms with Crippen LogP contribution in [0.5, 0.6) is 0 Å². The van der Waals surface area contributed by atoms with E-state index in [0.717, 1.165) is 42.6 Å². The van der Waals surface area contributed by atoms with Crippen molar-refractivity contribution in [2.45, 2.75) is 25.1 Å². The Labute approximate surface area is 134 Å². The molecule has 0 saturated carbocycles. The molecule has 2 heterocycles. The summed E-state index contributed by atoms with van der Waals surface area (Å²) in [6, 6.07) is 7.74. The lowest BCUT2D eigenvalue weighted by Crippen LogP contribution is -2.45. The summed E-state index contributed by atoms with van der Waals surface area (Å²) in [4.78, 5) is 2.18. The van der Waals surface area contributed by atoms with Crippen LogP contribution in [0.1, 0.15) is 24.4 Å². The highest BCUT2D eigenvalue weighted by atomic mass is 19.4. The van der Waals surface area contributed by atoms with Gasteiger partial charge in [0.2, 0.25) is 0 Å². The zero-order chi connectivity index (χ0) is 16.4. The Morgan fingerprint density at radius 3 is 2.57 bits per heavy atom. The van der Waals surface area contributed by atoms with Crippen LogP contribution in [0.2, 0.25) is 0 Å². The maximum absolute atomic E-state index is 12.8. The summed E-state index contributed by atoms with van der Waals surface area (Å²) in [6.45, 7) is 3.22. The molecule has 3 rings (SSSR count). The molecule has 1 aliphatic rings. The van der Waals surface area contributed by atoms with E-state index in [4.69, 9.17) is 0 Å². The van der Waals surface area contributed by atoms with Crippen molar-refractivity contribution >= 4 is 10.9 Å². The smallest absolute Gasteiger partial charge is 0.350 e. The van der Waals surface area contributed by atoms with Gasteiger partial charge in [0.15, 0.2) is 0 Å². The van der Waals surface area contributed by atoms with E-state index >= 15 is 0 Å². The summed E-state index contributed by atoms with van der Waals surface area (Å²) >= 11 is 0. The minimum atomic E-state index is -4.11. The van der Waals surface area contributed by atoms with Crippen molar-refractivity contribution in [3.8, 4) is 0 Å². The number of rotatable bonds is 4. The molecule has 23 heavy (non-hydrogen) atoms. The summed E-state index contributed by atoms with van der Waals surface area (Å²) in [7, 11) is 1.95.